The standard InChI is InChI=1S/C12H13F2NO2/c1-2-7-5-8-9(11(15-7)12(16)17)3-6(13)4-10(8)14/h3-4,7,11,15H,2,5H2,1H3,(H,16,17). The molecule has 1 heterocycles. The van der Waals surface area contributed by atoms with E-state index in [4.69, 9.17) is 5.11 Å². The third-order valence-corrected chi connectivity index (χ3v) is 3.10. The quantitative estimate of drug-likeness (QED) is 0.832. The number of halogens is 2. The maximum absolute atomic E-state index is 13.6. The Kier molecular flexibility index (Phi) is 3.11. The van der Waals surface area contributed by atoms with Crippen LogP contribution in [0.2, 0.25) is 0 Å². The van der Waals surface area contributed by atoms with Gasteiger partial charge in [0.05, 0.1) is 0 Å². The van der Waals surface area contributed by atoms with E-state index < -0.39 is 23.6 Å². The van der Waals surface area contributed by atoms with Crippen LogP contribution in [0.25, 0.3) is 0 Å². The molecule has 2 atom stereocenters. The van der Waals surface area contributed by atoms with Gasteiger partial charge in [0.2, 0.25) is 0 Å². The molecule has 0 saturated heterocycles. The van der Waals surface area contributed by atoms with Crippen LogP contribution < -0.4 is 5.32 Å². The first-order valence-electron chi connectivity index (χ1n) is 5.49. The van der Waals surface area contributed by atoms with Crippen LogP contribution in [-0.4, -0.2) is 17.1 Å². The van der Waals surface area contributed by atoms with Gasteiger partial charge in [-0.15, -0.1) is 0 Å². The molecule has 1 aliphatic heterocycles. The summed E-state index contributed by atoms with van der Waals surface area (Å²) in [6, 6.07) is 0.767. The number of nitrogens with one attached hydrogen (secondary N) is 1. The molecule has 5 heteroatoms. The van der Waals surface area contributed by atoms with Crippen molar-refractivity contribution in [2.24, 2.45) is 0 Å². The first-order chi connectivity index (χ1) is 8.02. The molecule has 0 fully saturated rings. The summed E-state index contributed by atoms with van der Waals surface area (Å²) in [5, 5.41) is 12.0. The van der Waals surface area contributed by atoms with E-state index in [1.165, 1.54) is 0 Å². The average Bonchev–Trinajstić information content (AvgIpc) is 2.27. The van der Waals surface area contributed by atoms with E-state index in [9.17, 15) is 13.6 Å². The Labute approximate surface area is 97.5 Å². The summed E-state index contributed by atoms with van der Waals surface area (Å²) in [6.07, 6.45) is 1.09. The predicted molar refractivity (Wildman–Crippen MR) is 57.7 cm³/mol. The van der Waals surface area contributed by atoms with Crippen molar-refractivity contribution < 1.29 is 18.7 Å². The van der Waals surface area contributed by atoms with E-state index in [2.05, 4.69) is 5.32 Å². The number of hydrogen-bond acceptors (Lipinski definition) is 2. The SMILES string of the molecule is CCC1Cc2c(F)cc(F)cc2C(C(=O)O)N1. The molecule has 3 nitrogen and oxygen atoms in total. The fourth-order valence-electron chi connectivity index (χ4n) is 2.19. The van der Waals surface area contributed by atoms with Gasteiger partial charge >= 0.3 is 5.97 Å². The van der Waals surface area contributed by atoms with Crippen LogP contribution in [0, 0.1) is 11.6 Å². The summed E-state index contributed by atoms with van der Waals surface area (Å²) in [7, 11) is 0. The summed E-state index contributed by atoms with van der Waals surface area (Å²) in [6.45, 7) is 1.89. The van der Waals surface area contributed by atoms with Gasteiger partial charge in [-0.3, -0.25) is 10.1 Å². The molecule has 2 N–H and O–H groups in total. The minimum Gasteiger partial charge on any atom is -0.480 e. The van der Waals surface area contributed by atoms with Gasteiger partial charge in [-0.2, -0.15) is 0 Å². The number of aliphatic carboxylic acids is 1. The van der Waals surface area contributed by atoms with Crippen LogP contribution in [0.3, 0.4) is 0 Å². The highest BCUT2D eigenvalue weighted by Crippen LogP contribution is 2.29. The maximum atomic E-state index is 13.6. The molecule has 2 unspecified atom stereocenters. The smallest absolute Gasteiger partial charge is 0.325 e. The summed E-state index contributed by atoms with van der Waals surface area (Å²) >= 11 is 0. The average molecular weight is 241 g/mol. The fourth-order valence-corrected chi connectivity index (χ4v) is 2.19. The minimum atomic E-state index is -1.12. The molecule has 17 heavy (non-hydrogen) atoms. The molecule has 0 aliphatic carbocycles. The first kappa shape index (κ1) is 12.0. The molecule has 1 aromatic carbocycles. The molecule has 0 saturated carbocycles. The van der Waals surface area contributed by atoms with E-state index in [0.29, 0.717) is 18.4 Å². The molecule has 2 rings (SSSR count). The van der Waals surface area contributed by atoms with Crippen LogP contribution in [0.1, 0.15) is 30.5 Å². The molecule has 0 bridgehead atoms. The highest BCUT2D eigenvalue weighted by Gasteiger charge is 2.32. The van der Waals surface area contributed by atoms with Crippen molar-refractivity contribution in [3.63, 3.8) is 0 Å². The number of hydrogen-bond donors (Lipinski definition) is 2. The van der Waals surface area contributed by atoms with Crippen molar-refractivity contribution in [3.05, 3.63) is 34.9 Å². The fraction of sp³-hybridized carbons (Fsp3) is 0.417. The summed E-state index contributed by atoms with van der Waals surface area (Å²) in [5.74, 6) is -2.52. The van der Waals surface area contributed by atoms with E-state index in [1.807, 2.05) is 6.92 Å². The Morgan fingerprint density at radius 1 is 1.53 bits per heavy atom. The molecule has 92 valence electrons. The molecule has 1 aliphatic rings. The Morgan fingerprint density at radius 3 is 2.82 bits per heavy atom. The third-order valence-electron chi connectivity index (χ3n) is 3.10. The number of carboxylic acid groups (broad SMARTS) is 1. The van der Waals surface area contributed by atoms with Gasteiger partial charge < -0.3 is 5.11 Å². The second-order valence-electron chi connectivity index (χ2n) is 4.20. The largest absolute Gasteiger partial charge is 0.480 e. The highest BCUT2D eigenvalue weighted by molar-refractivity contribution is 5.76. The second-order valence-corrected chi connectivity index (χ2v) is 4.20. The Bertz CT molecular complexity index is 462. The molecule has 0 aromatic heterocycles. The van der Waals surface area contributed by atoms with E-state index >= 15 is 0 Å². The lowest BCUT2D eigenvalue weighted by atomic mass is 9.88. The number of carbonyl (C=O) groups is 1. The van der Waals surface area contributed by atoms with Crippen LogP contribution >= 0.6 is 0 Å². The summed E-state index contributed by atoms with van der Waals surface area (Å²) in [5.41, 5.74) is 0.504. The van der Waals surface area contributed by atoms with Crippen molar-refractivity contribution in [2.75, 3.05) is 0 Å². The molecule has 1 aromatic rings. The normalized spacial score (nSPS) is 23.2. The van der Waals surface area contributed by atoms with Crippen molar-refractivity contribution in [1.82, 2.24) is 5.32 Å². The van der Waals surface area contributed by atoms with Crippen molar-refractivity contribution >= 4 is 5.97 Å². The van der Waals surface area contributed by atoms with Gasteiger partial charge in [-0.05, 0) is 30.0 Å². The van der Waals surface area contributed by atoms with Gasteiger partial charge in [0.1, 0.15) is 17.7 Å². The lowest BCUT2D eigenvalue weighted by Crippen LogP contribution is -2.43. The first-order valence-corrected chi connectivity index (χ1v) is 5.49. The van der Waals surface area contributed by atoms with Gasteiger partial charge in [-0.1, -0.05) is 6.92 Å². The highest BCUT2D eigenvalue weighted by atomic mass is 19.1. The zero-order chi connectivity index (χ0) is 12.6. The minimum absolute atomic E-state index is 0.0939. The van der Waals surface area contributed by atoms with Crippen molar-refractivity contribution in [1.29, 1.82) is 0 Å². The molecule has 0 spiro atoms. The molecule has 0 amide bonds. The number of carboxylic acids is 1. The van der Waals surface area contributed by atoms with E-state index in [0.717, 1.165) is 12.1 Å². The third kappa shape index (κ3) is 2.15. The lowest BCUT2D eigenvalue weighted by molar-refractivity contribution is -0.140. The summed E-state index contributed by atoms with van der Waals surface area (Å²) < 4.78 is 26.7. The molecule has 0 radical (unpaired) electrons. The summed E-state index contributed by atoms with van der Waals surface area (Å²) in [4.78, 5) is 11.1. The van der Waals surface area contributed by atoms with Gasteiger partial charge in [-0.25, -0.2) is 8.78 Å². The topological polar surface area (TPSA) is 49.3 Å². The van der Waals surface area contributed by atoms with E-state index in [1.54, 1.807) is 0 Å². The molecular formula is C12H13F2NO2. The van der Waals surface area contributed by atoms with Crippen LogP contribution in [0.4, 0.5) is 8.78 Å². The number of benzene rings is 1. The second kappa shape index (κ2) is 4.41. The number of rotatable bonds is 2. The van der Waals surface area contributed by atoms with Crippen molar-refractivity contribution in [3.8, 4) is 0 Å². The maximum Gasteiger partial charge on any atom is 0.325 e. The molecular weight excluding hydrogens is 228 g/mol. The Hall–Kier alpha value is -1.49. The van der Waals surface area contributed by atoms with Crippen molar-refractivity contribution in [2.45, 2.75) is 31.8 Å². The van der Waals surface area contributed by atoms with Crippen LogP contribution in [0.15, 0.2) is 12.1 Å². The zero-order valence-corrected chi connectivity index (χ0v) is 9.34. The number of fused-ring (bicyclic) bond motifs is 1. The van der Waals surface area contributed by atoms with Crippen LogP contribution in [-0.2, 0) is 11.2 Å². The van der Waals surface area contributed by atoms with Gasteiger partial charge in [0.15, 0.2) is 0 Å². The van der Waals surface area contributed by atoms with Gasteiger partial charge in [0, 0.05) is 12.1 Å². The Morgan fingerprint density at radius 2 is 2.24 bits per heavy atom. The monoisotopic (exact) mass is 241 g/mol. The zero-order valence-electron chi connectivity index (χ0n) is 9.34. The van der Waals surface area contributed by atoms with E-state index in [-0.39, 0.29) is 11.6 Å². The van der Waals surface area contributed by atoms with Crippen LogP contribution in [0.5, 0.6) is 0 Å². The Balaban J connectivity index is 2.52. The predicted octanol–water partition coefficient (Wildman–Crippen LogP) is 2.01. The van der Waals surface area contributed by atoms with Gasteiger partial charge in [0.25, 0.3) is 0 Å². The lowest BCUT2D eigenvalue weighted by Gasteiger charge is -2.30.